The van der Waals surface area contributed by atoms with Crippen LogP contribution < -0.4 is 0 Å². The van der Waals surface area contributed by atoms with Crippen molar-refractivity contribution in [2.45, 2.75) is 131 Å². The van der Waals surface area contributed by atoms with Crippen LogP contribution >= 0.6 is 0 Å². The lowest BCUT2D eigenvalue weighted by molar-refractivity contribution is -0.128. The van der Waals surface area contributed by atoms with Crippen molar-refractivity contribution in [3.63, 3.8) is 0 Å². The molecule has 5 rings (SSSR count). The van der Waals surface area contributed by atoms with Gasteiger partial charge in [-0.25, -0.2) is 0 Å². The van der Waals surface area contributed by atoms with Crippen molar-refractivity contribution in [1.29, 1.82) is 0 Å². The van der Waals surface area contributed by atoms with Gasteiger partial charge >= 0.3 is 0 Å². The molecule has 176 valence electrons. The van der Waals surface area contributed by atoms with Gasteiger partial charge in [-0.1, -0.05) is 65.0 Å². The predicted molar refractivity (Wildman–Crippen MR) is 134 cm³/mol. The van der Waals surface area contributed by atoms with E-state index in [0.717, 1.165) is 40.9 Å². The third kappa shape index (κ3) is 3.43. The maximum atomic E-state index is 2.80. The summed E-state index contributed by atoms with van der Waals surface area (Å²) in [5, 5.41) is 0. The van der Waals surface area contributed by atoms with Crippen LogP contribution in [-0.4, -0.2) is 0 Å². The third-order valence-corrected chi connectivity index (χ3v) is 12.6. The Hall–Kier alpha value is -0.260. The van der Waals surface area contributed by atoms with Gasteiger partial charge in [-0.3, -0.25) is 0 Å². The molecular weight excluding hydrogens is 372 g/mol. The summed E-state index contributed by atoms with van der Waals surface area (Å²) in [7, 11) is 0. The van der Waals surface area contributed by atoms with Crippen LogP contribution in [0.25, 0.3) is 0 Å². The van der Waals surface area contributed by atoms with Gasteiger partial charge < -0.3 is 0 Å². The van der Waals surface area contributed by atoms with Crippen molar-refractivity contribution in [3.05, 3.63) is 11.6 Å². The molecule has 5 saturated carbocycles. The average molecular weight is 425 g/mol. The number of rotatable bonds is 4. The normalized spacial score (nSPS) is 52.1. The van der Waals surface area contributed by atoms with Crippen LogP contribution in [0.4, 0.5) is 0 Å². The molecule has 5 fully saturated rings. The second-order valence-electron chi connectivity index (χ2n) is 13.5. The molecular formula is C31H52. The highest BCUT2D eigenvalue weighted by Crippen LogP contribution is 2.71. The lowest BCUT2D eigenvalue weighted by atomic mass is 9.42. The fourth-order valence-electron chi connectivity index (χ4n) is 10.9. The van der Waals surface area contributed by atoms with Crippen LogP contribution in [0.15, 0.2) is 11.6 Å². The number of hydrogen-bond acceptors (Lipinski definition) is 0. The lowest BCUT2D eigenvalue weighted by Gasteiger charge is -2.63. The largest absolute Gasteiger partial charge is 0.0882 e. The first-order chi connectivity index (χ1) is 14.9. The molecule has 0 radical (unpaired) electrons. The Morgan fingerprint density at radius 3 is 2.39 bits per heavy atom. The summed E-state index contributed by atoms with van der Waals surface area (Å²) in [4.78, 5) is 0. The summed E-state index contributed by atoms with van der Waals surface area (Å²) in [6, 6.07) is 0. The molecule has 0 heterocycles. The van der Waals surface area contributed by atoms with Gasteiger partial charge in [0.1, 0.15) is 0 Å². The maximum Gasteiger partial charge on any atom is -0.0147 e. The lowest BCUT2D eigenvalue weighted by Crippen LogP contribution is -2.55. The molecule has 5 aliphatic carbocycles. The molecule has 0 saturated heterocycles. The molecule has 5 aliphatic rings. The summed E-state index contributed by atoms with van der Waals surface area (Å²) in [6.07, 6.45) is 25.3. The van der Waals surface area contributed by atoms with E-state index in [1.54, 1.807) is 56.9 Å². The first kappa shape index (κ1) is 22.5. The van der Waals surface area contributed by atoms with Gasteiger partial charge in [0.05, 0.1) is 0 Å². The molecule has 31 heavy (non-hydrogen) atoms. The van der Waals surface area contributed by atoms with E-state index in [0.29, 0.717) is 10.8 Å². The number of fused-ring (bicyclic) bond motifs is 5. The predicted octanol–water partition coefficient (Wildman–Crippen LogP) is 9.59. The minimum Gasteiger partial charge on any atom is -0.0882 e. The Bertz CT molecular complexity index is 688. The molecule has 0 bridgehead atoms. The monoisotopic (exact) mass is 424 g/mol. The molecule has 9 atom stereocenters. The van der Waals surface area contributed by atoms with Gasteiger partial charge in [0.2, 0.25) is 0 Å². The SMILES string of the molecule is C/C=C(\CC)C1CCC[C@H]2C3CCC4C[C@@]5(CCC[C@]4(C)[C@H]3CC[C@]12C)CC5CCC. The van der Waals surface area contributed by atoms with Crippen molar-refractivity contribution in [2.24, 2.45) is 51.8 Å². The fourth-order valence-corrected chi connectivity index (χ4v) is 10.9. The van der Waals surface area contributed by atoms with Crippen LogP contribution in [0.2, 0.25) is 0 Å². The van der Waals surface area contributed by atoms with Crippen molar-refractivity contribution in [2.75, 3.05) is 0 Å². The standard InChI is InChI=1S/C31H52/c1-6-11-24-21-31(24)18-10-17-29(4)23(20-31)14-15-25-27-13-9-12-26(22(7-2)8-3)30(27,5)19-16-28(25)29/h7,23-28H,6,8-21H2,1-5H3/b22-7+/t23?,24?,25?,26?,27-,28-,29-,30+,31-/m0/s1. The average Bonchev–Trinajstić information content (AvgIpc) is 3.46. The summed E-state index contributed by atoms with van der Waals surface area (Å²) < 4.78 is 0. The number of allylic oxidation sites excluding steroid dienone is 2. The molecule has 4 unspecified atom stereocenters. The third-order valence-electron chi connectivity index (χ3n) is 12.6. The Morgan fingerprint density at radius 1 is 0.839 bits per heavy atom. The van der Waals surface area contributed by atoms with Crippen molar-refractivity contribution < 1.29 is 0 Å². The Morgan fingerprint density at radius 2 is 1.65 bits per heavy atom. The van der Waals surface area contributed by atoms with E-state index < -0.39 is 0 Å². The highest BCUT2D eigenvalue weighted by molar-refractivity contribution is 5.17. The molecule has 0 heteroatoms. The van der Waals surface area contributed by atoms with E-state index in [9.17, 15) is 0 Å². The smallest absolute Gasteiger partial charge is 0.0147 e. The fraction of sp³-hybridized carbons (Fsp3) is 0.935. The van der Waals surface area contributed by atoms with Crippen LogP contribution in [-0.2, 0) is 0 Å². The van der Waals surface area contributed by atoms with Gasteiger partial charge in [0.25, 0.3) is 0 Å². The van der Waals surface area contributed by atoms with Crippen molar-refractivity contribution in [3.8, 4) is 0 Å². The number of hydrogen-bond donors (Lipinski definition) is 0. The summed E-state index contributed by atoms with van der Waals surface area (Å²) in [5.74, 6) is 6.11. The van der Waals surface area contributed by atoms with Crippen LogP contribution in [0.5, 0.6) is 0 Å². The zero-order valence-corrected chi connectivity index (χ0v) is 21.6. The van der Waals surface area contributed by atoms with E-state index >= 15 is 0 Å². The van der Waals surface area contributed by atoms with Crippen LogP contribution in [0.1, 0.15) is 131 Å². The topological polar surface area (TPSA) is 0 Å². The highest BCUT2D eigenvalue weighted by Gasteiger charge is 2.62. The Balaban J connectivity index is 1.38. The highest BCUT2D eigenvalue weighted by atomic mass is 14.7. The molecule has 0 aromatic rings. The molecule has 0 amide bonds. The van der Waals surface area contributed by atoms with Crippen LogP contribution in [0, 0.1) is 51.8 Å². The van der Waals surface area contributed by atoms with E-state index in [1.165, 1.54) is 44.9 Å². The second-order valence-corrected chi connectivity index (χ2v) is 13.5. The van der Waals surface area contributed by atoms with Gasteiger partial charge in [-0.05, 0) is 129 Å². The van der Waals surface area contributed by atoms with E-state index in [4.69, 9.17) is 0 Å². The molecule has 0 aromatic heterocycles. The van der Waals surface area contributed by atoms with Crippen molar-refractivity contribution in [1.82, 2.24) is 0 Å². The minimum absolute atomic E-state index is 0.592. The maximum absolute atomic E-state index is 2.80. The zero-order valence-electron chi connectivity index (χ0n) is 21.6. The van der Waals surface area contributed by atoms with Crippen molar-refractivity contribution >= 4 is 0 Å². The molecule has 1 spiro atoms. The van der Waals surface area contributed by atoms with Crippen LogP contribution in [0.3, 0.4) is 0 Å². The first-order valence-corrected chi connectivity index (χ1v) is 14.6. The van der Waals surface area contributed by atoms with Gasteiger partial charge in [0.15, 0.2) is 0 Å². The molecule has 0 nitrogen and oxygen atoms in total. The summed E-state index contributed by atoms with van der Waals surface area (Å²) in [5.41, 5.74) is 3.84. The first-order valence-electron chi connectivity index (χ1n) is 14.6. The molecule has 0 N–H and O–H groups in total. The molecule has 0 aliphatic heterocycles. The van der Waals surface area contributed by atoms with E-state index in [2.05, 4.69) is 40.7 Å². The molecule has 0 aromatic carbocycles. The quantitative estimate of drug-likeness (QED) is 0.394. The Labute approximate surface area is 194 Å². The Kier molecular flexibility index (Phi) is 5.96. The summed E-state index contributed by atoms with van der Waals surface area (Å²) >= 11 is 0. The van der Waals surface area contributed by atoms with Gasteiger partial charge in [-0.2, -0.15) is 0 Å². The van der Waals surface area contributed by atoms with Gasteiger partial charge in [0, 0.05) is 0 Å². The second kappa shape index (κ2) is 8.20. The zero-order chi connectivity index (χ0) is 21.9. The van der Waals surface area contributed by atoms with Gasteiger partial charge in [-0.15, -0.1) is 0 Å². The minimum atomic E-state index is 0.592. The van der Waals surface area contributed by atoms with E-state index in [-0.39, 0.29) is 0 Å². The summed E-state index contributed by atoms with van der Waals surface area (Å²) in [6.45, 7) is 12.7. The van der Waals surface area contributed by atoms with E-state index in [1.807, 2.05) is 0 Å².